The predicted octanol–water partition coefficient (Wildman–Crippen LogP) is 0.865. The van der Waals surface area contributed by atoms with E-state index in [9.17, 15) is 9.59 Å². The van der Waals surface area contributed by atoms with Crippen LogP contribution in [-0.4, -0.2) is 35.0 Å². The molecule has 1 aromatic rings. The van der Waals surface area contributed by atoms with Gasteiger partial charge in [-0.2, -0.15) is 0 Å². The van der Waals surface area contributed by atoms with Gasteiger partial charge in [-0.25, -0.2) is 0 Å². The molecule has 102 valence electrons. The number of hydrogen-bond donors (Lipinski definition) is 2. The van der Waals surface area contributed by atoms with Crippen molar-refractivity contribution in [1.29, 1.82) is 0 Å². The highest BCUT2D eigenvalue weighted by Gasteiger charge is 2.38. The molecule has 1 aromatic carbocycles. The van der Waals surface area contributed by atoms with E-state index in [1.165, 1.54) is 0 Å². The first-order valence-corrected chi connectivity index (χ1v) is 6.33. The molecule has 3 atom stereocenters. The van der Waals surface area contributed by atoms with Gasteiger partial charge in [-0.1, -0.05) is 37.3 Å². The van der Waals surface area contributed by atoms with Crippen LogP contribution in [0.5, 0.6) is 0 Å². The number of aliphatic carboxylic acids is 1. The van der Waals surface area contributed by atoms with E-state index in [0.29, 0.717) is 6.54 Å². The fraction of sp³-hybridized carbons (Fsp3) is 0.429. The quantitative estimate of drug-likeness (QED) is 0.846. The summed E-state index contributed by atoms with van der Waals surface area (Å²) in [6.07, 6.45) is 0. The number of benzene rings is 1. The molecule has 1 heterocycles. The fourth-order valence-corrected chi connectivity index (χ4v) is 2.47. The van der Waals surface area contributed by atoms with Crippen molar-refractivity contribution in [2.24, 2.45) is 17.6 Å². The van der Waals surface area contributed by atoms with E-state index < -0.39 is 17.9 Å². The van der Waals surface area contributed by atoms with E-state index >= 15 is 0 Å². The van der Waals surface area contributed by atoms with Crippen molar-refractivity contribution in [3.05, 3.63) is 35.9 Å². The third-order valence-electron chi connectivity index (χ3n) is 3.67. The summed E-state index contributed by atoms with van der Waals surface area (Å²) in [5, 5.41) is 9.07. The van der Waals surface area contributed by atoms with Gasteiger partial charge >= 0.3 is 5.97 Å². The number of nitrogens with two attached hydrogens (primary N) is 1. The van der Waals surface area contributed by atoms with Gasteiger partial charge in [-0.3, -0.25) is 9.59 Å². The number of carboxylic acids is 1. The van der Waals surface area contributed by atoms with Crippen LogP contribution in [-0.2, 0) is 9.59 Å². The maximum absolute atomic E-state index is 12.3. The van der Waals surface area contributed by atoms with Gasteiger partial charge in [0.1, 0.15) is 6.04 Å². The number of hydrogen-bond acceptors (Lipinski definition) is 3. The Morgan fingerprint density at radius 2 is 1.95 bits per heavy atom. The molecule has 3 N–H and O–H groups in total. The second-order valence-corrected chi connectivity index (χ2v) is 5.05. The highest BCUT2D eigenvalue weighted by atomic mass is 16.4. The number of carbonyl (C=O) groups excluding carboxylic acids is 1. The van der Waals surface area contributed by atoms with Gasteiger partial charge in [0.25, 0.3) is 0 Å². The Morgan fingerprint density at radius 3 is 2.47 bits per heavy atom. The molecular formula is C14H18N2O3. The summed E-state index contributed by atoms with van der Waals surface area (Å²) in [5.41, 5.74) is 6.70. The second-order valence-electron chi connectivity index (χ2n) is 5.05. The lowest BCUT2D eigenvalue weighted by Gasteiger charge is -2.20. The van der Waals surface area contributed by atoms with Crippen LogP contribution in [0.4, 0.5) is 0 Å². The Labute approximate surface area is 112 Å². The van der Waals surface area contributed by atoms with Crippen molar-refractivity contribution >= 4 is 11.9 Å². The molecule has 0 bridgehead atoms. The predicted molar refractivity (Wildman–Crippen MR) is 70.2 cm³/mol. The van der Waals surface area contributed by atoms with Crippen molar-refractivity contribution in [1.82, 2.24) is 4.90 Å². The normalized spacial score (nSPS) is 24.2. The maximum atomic E-state index is 12.3. The fourth-order valence-electron chi connectivity index (χ4n) is 2.47. The summed E-state index contributed by atoms with van der Waals surface area (Å²) >= 11 is 0. The second kappa shape index (κ2) is 5.40. The number of carboxylic acid groups (broad SMARTS) is 1. The van der Waals surface area contributed by atoms with E-state index in [4.69, 9.17) is 10.8 Å². The number of likely N-dealkylation sites (tertiary alicyclic amines) is 1. The van der Waals surface area contributed by atoms with Crippen LogP contribution in [0.1, 0.15) is 18.5 Å². The van der Waals surface area contributed by atoms with Crippen LogP contribution in [0.25, 0.3) is 0 Å². The molecule has 2 rings (SSSR count). The zero-order valence-electron chi connectivity index (χ0n) is 10.8. The SMILES string of the molecule is CC1CN(C(=O)[C@@H](N)c2ccccc2)CC1C(=O)O. The summed E-state index contributed by atoms with van der Waals surface area (Å²) < 4.78 is 0. The van der Waals surface area contributed by atoms with Crippen LogP contribution in [0.2, 0.25) is 0 Å². The molecule has 0 radical (unpaired) electrons. The number of carbonyl (C=O) groups is 2. The molecule has 1 aliphatic heterocycles. The molecule has 5 nitrogen and oxygen atoms in total. The molecule has 0 saturated carbocycles. The molecule has 1 saturated heterocycles. The Morgan fingerprint density at radius 1 is 1.32 bits per heavy atom. The molecule has 19 heavy (non-hydrogen) atoms. The minimum absolute atomic E-state index is 0.0376. The molecule has 1 amide bonds. The van der Waals surface area contributed by atoms with E-state index in [2.05, 4.69) is 0 Å². The van der Waals surface area contributed by atoms with Crippen LogP contribution in [0, 0.1) is 11.8 Å². The molecule has 1 fully saturated rings. The first-order chi connectivity index (χ1) is 9.00. The average Bonchev–Trinajstić information content (AvgIpc) is 2.80. The van der Waals surface area contributed by atoms with Crippen molar-refractivity contribution in [2.75, 3.05) is 13.1 Å². The maximum Gasteiger partial charge on any atom is 0.308 e. The van der Waals surface area contributed by atoms with Crippen LogP contribution in [0.15, 0.2) is 30.3 Å². The summed E-state index contributed by atoms with van der Waals surface area (Å²) in [5.74, 6) is -1.59. The van der Waals surface area contributed by atoms with E-state index in [1.807, 2.05) is 25.1 Å². The van der Waals surface area contributed by atoms with Gasteiger partial charge in [0.2, 0.25) is 5.91 Å². The van der Waals surface area contributed by atoms with E-state index in [1.54, 1.807) is 17.0 Å². The van der Waals surface area contributed by atoms with Crippen molar-refractivity contribution in [3.8, 4) is 0 Å². The van der Waals surface area contributed by atoms with Crippen molar-refractivity contribution in [2.45, 2.75) is 13.0 Å². The molecule has 0 aliphatic carbocycles. The third kappa shape index (κ3) is 2.76. The highest BCUT2D eigenvalue weighted by molar-refractivity contribution is 5.84. The standard InChI is InChI=1S/C14H18N2O3/c1-9-7-16(8-11(9)14(18)19)13(17)12(15)10-5-3-2-4-6-10/h2-6,9,11-12H,7-8,15H2,1H3,(H,18,19)/t9?,11?,12-/m0/s1. The summed E-state index contributed by atoms with van der Waals surface area (Å²) in [6.45, 7) is 2.55. The smallest absolute Gasteiger partial charge is 0.308 e. The Kier molecular flexibility index (Phi) is 3.85. The Bertz CT molecular complexity index is 475. The number of rotatable bonds is 3. The van der Waals surface area contributed by atoms with Gasteiger partial charge in [0.05, 0.1) is 5.92 Å². The molecule has 2 unspecified atom stereocenters. The first-order valence-electron chi connectivity index (χ1n) is 6.33. The first kappa shape index (κ1) is 13.5. The molecule has 0 spiro atoms. The van der Waals surface area contributed by atoms with Crippen LogP contribution in [0.3, 0.4) is 0 Å². The lowest BCUT2D eigenvalue weighted by Crippen LogP contribution is -2.37. The summed E-state index contributed by atoms with van der Waals surface area (Å²) in [4.78, 5) is 24.9. The number of amides is 1. The van der Waals surface area contributed by atoms with Gasteiger partial charge < -0.3 is 15.7 Å². The van der Waals surface area contributed by atoms with Crippen LogP contribution < -0.4 is 5.73 Å². The molecular weight excluding hydrogens is 244 g/mol. The Balaban J connectivity index is 2.07. The van der Waals surface area contributed by atoms with E-state index in [0.717, 1.165) is 5.56 Å². The molecule has 1 aliphatic rings. The largest absolute Gasteiger partial charge is 0.481 e. The van der Waals surface area contributed by atoms with Crippen molar-refractivity contribution < 1.29 is 14.7 Å². The molecule has 5 heteroatoms. The van der Waals surface area contributed by atoms with E-state index in [-0.39, 0.29) is 18.4 Å². The zero-order valence-corrected chi connectivity index (χ0v) is 10.8. The average molecular weight is 262 g/mol. The van der Waals surface area contributed by atoms with Gasteiger partial charge in [-0.05, 0) is 11.5 Å². The van der Waals surface area contributed by atoms with Gasteiger partial charge in [0, 0.05) is 13.1 Å². The number of nitrogens with zero attached hydrogens (tertiary/aromatic N) is 1. The lowest BCUT2D eigenvalue weighted by molar-refractivity contribution is -0.142. The minimum Gasteiger partial charge on any atom is -0.481 e. The lowest BCUT2D eigenvalue weighted by atomic mass is 9.99. The topological polar surface area (TPSA) is 83.6 Å². The zero-order chi connectivity index (χ0) is 14.0. The molecule has 0 aromatic heterocycles. The summed E-state index contributed by atoms with van der Waals surface area (Å²) in [7, 11) is 0. The summed E-state index contributed by atoms with van der Waals surface area (Å²) in [6, 6.07) is 8.40. The van der Waals surface area contributed by atoms with Gasteiger partial charge in [0.15, 0.2) is 0 Å². The van der Waals surface area contributed by atoms with Crippen LogP contribution >= 0.6 is 0 Å². The van der Waals surface area contributed by atoms with Crippen molar-refractivity contribution in [3.63, 3.8) is 0 Å². The third-order valence-corrected chi connectivity index (χ3v) is 3.67. The van der Waals surface area contributed by atoms with Gasteiger partial charge in [-0.15, -0.1) is 0 Å². The highest BCUT2D eigenvalue weighted by Crippen LogP contribution is 2.25. The minimum atomic E-state index is -0.851. The Hall–Kier alpha value is -1.88. The monoisotopic (exact) mass is 262 g/mol.